The van der Waals surface area contributed by atoms with Crippen molar-refractivity contribution in [3.05, 3.63) is 58.6 Å². The van der Waals surface area contributed by atoms with E-state index >= 15 is 0 Å². The molecule has 0 aliphatic heterocycles. The SMILES string of the molecule is CC(Oc1ccc(Cl)cc1)C(=O)OC(=O)C(C)Oc1ccc(Cl)cc1. The number of esters is 2. The third kappa shape index (κ3) is 5.96. The van der Waals surface area contributed by atoms with Gasteiger partial charge in [0.15, 0.2) is 12.2 Å². The van der Waals surface area contributed by atoms with Gasteiger partial charge in [0.2, 0.25) is 0 Å². The van der Waals surface area contributed by atoms with Crippen molar-refractivity contribution in [1.29, 1.82) is 0 Å². The highest BCUT2D eigenvalue weighted by Crippen LogP contribution is 2.18. The topological polar surface area (TPSA) is 61.8 Å². The molecule has 0 fully saturated rings. The van der Waals surface area contributed by atoms with Gasteiger partial charge in [-0.25, -0.2) is 9.59 Å². The second kappa shape index (κ2) is 8.74. The van der Waals surface area contributed by atoms with Crippen molar-refractivity contribution in [2.24, 2.45) is 0 Å². The molecule has 7 heteroatoms. The van der Waals surface area contributed by atoms with Crippen molar-refractivity contribution < 1.29 is 23.8 Å². The first-order valence-electron chi connectivity index (χ1n) is 7.45. The summed E-state index contributed by atoms with van der Waals surface area (Å²) in [6.45, 7) is 2.96. The maximum Gasteiger partial charge on any atom is 0.354 e. The summed E-state index contributed by atoms with van der Waals surface area (Å²) >= 11 is 11.6. The van der Waals surface area contributed by atoms with Crippen LogP contribution in [0.2, 0.25) is 10.0 Å². The van der Waals surface area contributed by atoms with Crippen LogP contribution in [0.15, 0.2) is 48.5 Å². The summed E-state index contributed by atoms with van der Waals surface area (Å²) in [6.07, 6.45) is -1.93. The first-order chi connectivity index (χ1) is 11.8. The van der Waals surface area contributed by atoms with Crippen LogP contribution in [0, 0.1) is 0 Å². The lowest BCUT2D eigenvalue weighted by molar-refractivity contribution is -0.168. The van der Waals surface area contributed by atoms with Crippen LogP contribution in [-0.2, 0) is 14.3 Å². The van der Waals surface area contributed by atoms with Crippen LogP contribution in [-0.4, -0.2) is 24.1 Å². The Balaban J connectivity index is 1.86. The molecule has 132 valence electrons. The summed E-state index contributed by atoms with van der Waals surface area (Å²) in [7, 11) is 0. The standard InChI is InChI=1S/C18H16Cl2O5/c1-11(23-15-7-3-13(19)4-8-15)17(21)25-18(22)12(2)24-16-9-5-14(20)6-10-16/h3-12H,1-2H3. The van der Waals surface area contributed by atoms with Crippen LogP contribution in [0.5, 0.6) is 11.5 Å². The van der Waals surface area contributed by atoms with E-state index in [0.717, 1.165) is 0 Å². The molecule has 0 amide bonds. The summed E-state index contributed by atoms with van der Waals surface area (Å²) in [6, 6.07) is 13.0. The van der Waals surface area contributed by atoms with Crippen molar-refractivity contribution in [2.75, 3.05) is 0 Å². The Labute approximate surface area is 155 Å². The first kappa shape index (κ1) is 19.1. The summed E-state index contributed by atoms with van der Waals surface area (Å²) in [5, 5.41) is 1.09. The fraction of sp³-hybridized carbons (Fsp3) is 0.222. The van der Waals surface area contributed by atoms with Crippen LogP contribution in [0.25, 0.3) is 0 Å². The molecule has 0 spiro atoms. The van der Waals surface area contributed by atoms with Crippen LogP contribution in [0.4, 0.5) is 0 Å². The minimum Gasteiger partial charge on any atom is -0.479 e. The van der Waals surface area contributed by atoms with Gasteiger partial charge in [-0.15, -0.1) is 0 Å². The Morgan fingerprint density at radius 2 is 1.04 bits per heavy atom. The van der Waals surface area contributed by atoms with Crippen LogP contribution in [0.1, 0.15) is 13.8 Å². The molecule has 2 aromatic carbocycles. The van der Waals surface area contributed by atoms with Gasteiger partial charge in [-0.1, -0.05) is 23.2 Å². The zero-order valence-corrected chi connectivity index (χ0v) is 15.1. The molecule has 0 heterocycles. The Bertz CT molecular complexity index is 665. The van der Waals surface area contributed by atoms with Gasteiger partial charge in [0, 0.05) is 10.0 Å². The predicted octanol–water partition coefficient (Wildman–Crippen LogP) is 4.30. The van der Waals surface area contributed by atoms with Crippen molar-refractivity contribution in [3.63, 3.8) is 0 Å². The molecule has 0 aliphatic carbocycles. The Morgan fingerprint density at radius 3 is 1.36 bits per heavy atom. The minimum absolute atomic E-state index is 0.437. The first-order valence-corrected chi connectivity index (χ1v) is 8.20. The molecule has 2 aromatic rings. The number of rotatable bonds is 6. The molecule has 2 unspecified atom stereocenters. The van der Waals surface area contributed by atoms with Gasteiger partial charge in [-0.2, -0.15) is 0 Å². The third-order valence-electron chi connectivity index (χ3n) is 3.12. The number of carbonyl (C=O) groups is 2. The van der Waals surface area contributed by atoms with E-state index in [4.69, 9.17) is 37.4 Å². The molecule has 5 nitrogen and oxygen atoms in total. The monoisotopic (exact) mass is 382 g/mol. The van der Waals surface area contributed by atoms with E-state index in [1.54, 1.807) is 48.5 Å². The zero-order valence-electron chi connectivity index (χ0n) is 13.6. The smallest absolute Gasteiger partial charge is 0.354 e. The average molecular weight is 383 g/mol. The summed E-state index contributed by atoms with van der Waals surface area (Å²) < 4.78 is 15.6. The Hall–Kier alpha value is -2.24. The molecule has 0 saturated heterocycles. The van der Waals surface area contributed by atoms with E-state index in [0.29, 0.717) is 21.5 Å². The van der Waals surface area contributed by atoms with E-state index in [1.165, 1.54) is 13.8 Å². The van der Waals surface area contributed by atoms with Crippen LogP contribution < -0.4 is 9.47 Å². The second-order valence-electron chi connectivity index (χ2n) is 5.17. The highest BCUT2D eigenvalue weighted by molar-refractivity contribution is 6.30. The number of halogens is 2. The summed E-state index contributed by atoms with van der Waals surface area (Å²) in [5.74, 6) is -0.753. The second-order valence-corrected chi connectivity index (χ2v) is 6.04. The van der Waals surface area contributed by atoms with Crippen LogP contribution >= 0.6 is 23.2 Å². The molecule has 0 N–H and O–H groups in total. The number of ether oxygens (including phenoxy) is 3. The maximum atomic E-state index is 12.0. The molecule has 0 aromatic heterocycles. The summed E-state index contributed by atoms with van der Waals surface area (Å²) in [5.41, 5.74) is 0. The fourth-order valence-electron chi connectivity index (χ4n) is 1.80. The van der Waals surface area contributed by atoms with Crippen molar-refractivity contribution in [3.8, 4) is 11.5 Å². The van der Waals surface area contributed by atoms with E-state index in [2.05, 4.69) is 0 Å². The van der Waals surface area contributed by atoms with Crippen molar-refractivity contribution in [2.45, 2.75) is 26.1 Å². The zero-order chi connectivity index (χ0) is 18.4. The molecular weight excluding hydrogens is 367 g/mol. The van der Waals surface area contributed by atoms with E-state index < -0.39 is 24.1 Å². The normalized spacial score (nSPS) is 12.8. The molecule has 0 aliphatic rings. The highest BCUT2D eigenvalue weighted by Gasteiger charge is 2.24. The Kier molecular flexibility index (Phi) is 6.67. The van der Waals surface area contributed by atoms with Crippen molar-refractivity contribution >= 4 is 35.1 Å². The van der Waals surface area contributed by atoms with Gasteiger partial charge in [0.25, 0.3) is 0 Å². The molecule has 0 bridgehead atoms. The molecule has 25 heavy (non-hydrogen) atoms. The van der Waals surface area contributed by atoms with Gasteiger partial charge < -0.3 is 14.2 Å². The van der Waals surface area contributed by atoms with Gasteiger partial charge >= 0.3 is 11.9 Å². The lowest BCUT2D eigenvalue weighted by Crippen LogP contribution is -2.34. The molecule has 0 radical (unpaired) electrons. The minimum atomic E-state index is -0.965. The number of hydrogen-bond donors (Lipinski definition) is 0. The molecule has 0 saturated carbocycles. The van der Waals surface area contributed by atoms with Crippen molar-refractivity contribution in [1.82, 2.24) is 0 Å². The third-order valence-corrected chi connectivity index (χ3v) is 3.62. The predicted molar refractivity (Wildman–Crippen MR) is 94.2 cm³/mol. The summed E-state index contributed by atoms with van der Waals surface area (Å²) in [4.78, 5) is 23.9. The number of benzene rings is 2. The van der Waals surface area contributed by atoms with Gasteiger partial charge in [0.05, 0.1) is 0 Å². The van der Waals surface area contributed by atoms with E-state index in [-0.39, 0.29) is 0 Å². The number of carbonyl (C=O) groups excluding carboxylic acids is 2. The lowest BCUT2D eigenvalue weighted by Gasteiger charge is -2.16. The average Bonchev–Trinajstić information content (AvgIpc) is 2.58. The van der Waals surface area contributed by atoms with Gasteiger partial charge in [-0.05, 0) is 62.4 Å². The number of hydrogen-bond acceptors (Lipinski definition) is 5. The quantitative estimate of drug-likeness (QED) is 0.550. The maximum absolute atomic E-state index is 12.0. The van der Waals surface area contributed by atoms with Gasteiger partial charge in [-0.3, -0.25) is 0 Å². The largest absolute Gasteiger partial charge is 0.479 e. The molecular formula is C18H16Cl2O5. The van der Waals surface area contributed by atoms with Gasteiger partial charge in [0.1, 0.15) is 11.5 Å². The molecule has 2 rings (SSSR count). The fourth-order valence-corrected chi connectivity index (χ4v) is 2.05. The van der Waals surface area contributed by atoms with E-state index in [9.17, 15) is 9.59 Å². The lowest BCUT2D eigenvalue weighted by atomic mass is 10.3. The Morgan fingerprint density at radius 1 is 0.720 bits per heavy atom. The van der Waals surface area contributed by atoms with Crippen LogP contribution in [0.3, 0.4) is 0 Å². The highest BCUT2D eigenvalue weighted by atomic mass is 35.5. The van der Waals surface area contributed by atoms with E-state index in [1.807, 2.05) is 0 Å². The molecule has 2 atom stereocenters.